The molecule has 20 heavy (non-hydrogen) atoms. The molecule has 1 aliphatic heterocycles. The highest BCUT2D eigenvalue weighted by Gasteiger charge is 2.44. The van der Waals surface area contributed by atoms with Crippen LogP contribution in [-0.2, 0) is 31.6 Å². The first-order valence-electron chi connectivity index (χ1n) is 5.00. The van der Waals surface area contributed by atoms with E-state index >= 15 is 0 Å². The molecule has 2 atom stereocenters. The predicted octanol–water partition coefficient (Wildman–Crippen LogP) is -0.952. The zero-order valence-corrected chi connectivity index (χ0v) is 12.6. The Morgan fingerprint density at radius 1 is 1.05 bits per heavy atom. The molecule has 1 aliphatic rings. The maximum absolute atomic E-state index is 11.6. The minimum atomic E-state index is -5.34. The molecule has 0 radical (unpaired) electrons. The van der Waals surface area contributed by atoms with Gasteiger partial charge in [0.1, 0.15) is 0 Å². The van der Waals surface area contributed by atoms with Gasteiger partial charge in [0.15, 0.2) is 0 Å². The molecular weight excluding hydrogens is 343 g/mol. The van der Waals surface area contributed by atoms with E-state index in [1.165, 1.54) is 0 Å². The van der Waals surface area contributed by atoms with Gasteiger partial charge in [-0.05, 0) is 0 Å². The van der Waals surface area contributed by atoms with Crippen LogP contribution < -0.4 is 11.2 Å². The van der Waals surface area contributed by atoms with Crippen molar-refractivity contribution in [3.8, 4) is 0 Å². The van der Waals surface area contributed by atoms with Crippen molar-refractivity contribution < 1.29 is 46.2 Å². The first-order valence-corrected chi connectivity index (χ1v) is 9.49. The molecule has 0 aliphatic carbocycles. The second-order valence-corrected chi connectivity index (χ2v) is 7.93. The van der Waals surface area contributed by atoms with Gasteiger partial charge in [-0.25, -0.2) is 24.2 Å². The summed E-state index contributed by atoms with van der Waals surface area (Å²) in [6, 6.07) is 0. The average molecular weight is 357 g/mol. The average Bonchev–Trinajstić information content (AvgIpc) is 2.26. The third-order valence-corrected chi connectivity index (χ3v) is 5.81. The Morgan fingerprint density at radius 3 is 2.05 bits per heavy atom. The van der Waals surface area contributed by atoms with Crippen LogP contribution in [0.4, 0.5) is 0 Å². The van der Waals surface area contributed by atoms with E-state index in [9.17, 15) is 18.6 Å². The largest absolute Gasteiger partial charge is 0.509 e. The molecule has 13 nitrogen and oxygen atoms in total. The minimum absolute atomic E-state index is 0.223. The Labute approximate surface area is 113 Å². The van der Waals surface area contributed by atoms with Crippen LogP contribution >= 0.6 is 23.5 Å². The van der Waals surface area contributed by atoms with E-state index in [4.69, 9.17) is 9.79 Å². The van der Waals surface area contributed by atoms with E-state index in [0.717, 1.165) is 5.06 Å². The summed E-state index contributed by atoms with van der Waals surface area (Å²) in [4.78, 5) is 26.3. The van der Waals surface area contributed by atoms with E-state index < -0.39 is 23.5 Å². The predicted molar refractivity (Wildman–Crippen MR) is 62.4 cm³/mol. The van der Waals surface area contributed by atoms with Gasteiger partial charge in [-0.2, -0.15) is 18.3 Å². The van der Waals surface area contributed by atoms with Crippen molar-refractivity contribution in [1.82, 2.24) is 10.4 Å². The summed E-state index contributed by atoms with van der Waals surface area (Å²) < 4.78 is 49.3. The molecule has 0 saturated carbocycles. The molecule has 0 aromatic carbocycles. The fourth-order valence-electron chi connectivity index (χ4n) is 1.20. The van der Waals surface area contributed by atoms with Crippen molar-refractivity contribution in [3.63, 3.8) is 0 Å². The van der Waals surface area contributed by atoms with Crippen LogP contribution in [0.25, 0.3) is 0 Å². The zero-order chi connectivity index (χ0) is 15.4. The number of nitrogens with two attached hydrogens (primary N) is 1. The summed E-state index contributed by atoms with van der Waals surface area (Å²) in [6.07, 6.45) is 0. The SMILES string of the molecule is NOP(=O)(OP(=O)(O)O)OP(=O)(O)ON1CCNCC1. The Kier molecular flexibility index (Phi) is 6.45. The lowest BCUT2D eigenvalue weighted by Crippen LogP contribution is -2.42. The van der Waals surface area contributed by atoms with Crippen LogP contribution in [0.15, 0.2) is 0 Å². The molecule has 0 aromatic heterocycles. The Balaban J connectivity index is 2.68. The fourth-order valence-corrected chi connectivity index (χ4v) is 4.52. The number of hydroxylamine groups is 2. The molecule has 6 N–H and O–H groups in total. The standard InChI is InChI=1S/C4H14N3O10P3/c5-14-20(13,16-18(8,9)10)17-19(11,12)15-7-3-1-6-2-4-7/h6H,1-5H2,(H,11,12)(H2,8,9,10). The number of nitrogens with zero attached hydrogens (tertiary/aromatic N) is 1. The molecular formula is C4H14N3O10P3. The monoisotopic (exact) mass is 357 g/mol. The molecule has 16 heteroatoms. The van der Waals surface area contributed by atoms with Gasteiger partial charge in [0.05, 0.1) is 0 Å². The summed E-state index contributed by atoms with van der Waals surface area (Å²) in [5, 5.41) is 3.97. The van der Waals surface area contributed by atoms with Crippen LogP contribution in [0, 0.1) is 0 Å². The van der Waals surface area contributed by atoms with Gasteiger partial charge >= 0.3 is 23.5 Å². The summed E-state index contributed by atoms with van der Waals surface area (Å²) in [5.74, 6) is 4.49. The van der Waals surface area contributed by atoms with Gasteiger partial charge in [-0.3, -0.25) is 0 Å². The van der Waals surface area contributed by atoms with Gasteiger partial charge in [0.2, 0.25) is 0 Å². The number of hydrogen-bond donors (Lipinski definition) is 5. The van der Waals surface area contributed by atoms with Crippen LogP contribution in [0.5, 0.6) is 0 Å². The summed E-state index contributed by atoms with van der Waals surface area (Å²) in [5.41, 5.74) is 0. The van der Waals surface area contributed by atoms with Gasteiger partial charge in [-0.15, -0.1) is 0 Å². The van der Waals surface area contributed by atoms with Crippen LogP contribution in [0.1, 0.15) is 0 Å². The third kappa shape index (κ3) is 6.83. The number of nitrogens with one attached hydrogen (secondary N) is 1. The van der Waals surface area contributed by atoms with Crippen molar-refractivity contribution in [2.45, 2.75) is 0 Å². The van der Waals surface area contributed by atoms with Crippen molar-refractivity contribution in [2.24, 2.45) is 5.90 Å². The number of rotatable bonds is 7. The van der Waals surface area contributed by atoms with E-state index in [-0.39, 0.29) is 13.1 Å². The lowest BCUT2D eigenvalue weighted by molar-refractivity contribution is -0.0873. The highest BCUT2D eigenvalue weighted by atomic mass is 31.3. The maximum atomic E-state index is 11.6. The van der Waals surface area contributed by atoms with Crippen LogP contribution in [-0.4, -0.2) is 45.9 Å². The molecule has 1 rings (SSSR count). The lowest BCUT2D eigenvalue weighted by atomic mass is 10.4. The summed E-state index contributed by atoms with van der Waals surface area (Å²) in [6.45, 7) is 1.37. The second kappa shape index (κ2) is 7.03. The Hall–Kier alpha value is 0.290. The fraction of sp³-hybridized carbons (Fsp3) is 1.00. The lowest BCUT2D eigenvalue weighted by Gasteiger charge is -2.27. The summed E-state index contributed by atoms with van der Waals surface area (Å²) >= 11 is 0. The van der Waals surface area contributed by atoms with Crippen LogP contribution in [0.3, 0.4) is 0 Å². The van der Waals surface area contributed by atoms with Crippen molar-refractivity contribution in [2.75, 3.05) is 26.2 Å². The van der Waals surface area contributed by atoms with Crippen molar-refractivity contribution >= 4 is 23.5 Å². The summed E-state index contributed by atoms with van der Waals surface area (Å²) in [7, 11) is -15.5. The second-order valence-electron chi connectivity index (χ2n) is 3.44. The molecule has 1 saturated heterocycles. The quantitative estimate of drug-likeness (QED) is 0.277. The van der Waals surface area contributed by atoms with Gasteiger partial charge < -0.3 is 20.0 Å². The van der Waals surface area contributed by atoms with Gasteiger partial charge in [0, 0.05) is 26.2 Å². The molecule has 0 bridgehead atoms. The number of phosphoric acid groups is 3. The first kappa shape index (κ1) is 18.3. The van der Waals surface area contributed by atoms with Gasteiger partial charge in [0.25, 0.3) is 0 Å². The topological polar surface area (TPSA) is 190 Å². The molecule has 0 amide bonds. The van der Waals surface area contributed by atoms with Gasteiger partial charge in [-0.1, -0.05) is 0 Å². The number of hydrogen-bond acceptors (Lipinski definition) is 10. The van der Waals surface area contributed by atoms with E-state index in [1.807, 2.05) is 0 Å². The Morgan fingerprint density at radius 2 is 1.60 bits per heavy atom. The number of piperazine rings is 1. The normalized spacial score (nSPS) is 24.0. The first-order chi connectivity index (χ1) is 9.05. The highest BCUT2D eigenvalue weighted by Crippen LogP contribution is 2.68. The maximum Gasteiger partial charge on any atom is 0.509 e. The Bertz CT molecular complexity index is 459. The highest BCUT2D eigenvalue weighted by molar-refractivity contribution is 7.67. The van der Waals surface area contributed by atoms with Crippen molar-refractivity contribution in [3.05, 3.63) is 0 Å². The van der Waals surface area contributed by atoms with E-state index in [1.54, 1.807) is 0 Å². The zero-order valence-electron chi connectivity index (χ0n) is 9.89. The van der Waals surface area contributed by atoms with E-state index in [2.05, 4.69) is 29.1 Å². The molecule has 120 valence electrons. The van der Waals surface area contributed by atoms with Crippen molar-refractivity contribution in [1.29, 1.82) is 0 Å². The molecule has 0 spiro atoms. The minimum Gasteiger partial charge on any atom is -0.314 e. The molecule has 0 aromatic rings. The third-order valence-electron chi connectivity index (χ3n) is 1.83. The molecule has 1 heterocycles. The molecule has 2 unspecified atom stereocenters. The smallest absolute Gasteiger partial charge is 0.314 e. The van der Waals surface area contributed by atoms with Crippen LogP contribution in [0.2, 0.25) is 0 Å². The van der Waals surface area contributed by atoms with E-state index in [0.29, 0.717) is 13.1 Å². The molecule has 1 fully saturated rings.